The molecular weight excluding hydrogens is 152 g/mol. The van der Waals surface area contributed by atoms with Gasteiger partial charge < -0.3 is 15.2 Å². The highest BCUT2D eigenvalue weighted by molar-refractivity contribution is 5.68. The average molecular weight is 162 g/mol. The summed E-state index contributed by atoms with van der Waals surface area (Å²) in [5.74, 6) is 0. The van der Waals surface area contributed by atoms with Gasteiger partial charge in [0.2, 0.25) is 0 Å². The summed E-state index contributed by atoms with van der Waals surface area (Å²) in [5.41, 5.74) is 4.60. The van der Waals surface area contributed by atoms with Gasteiger partial charge in [-0.15, -0.1) is 0 Å². The standard InChI is InChI=1S/C5H10N2O4/c1-2-10-5(9)7-3-11-4(6)8/h2-3H2,1H3,(H2,6,8)(H,7,9). The van der Waals surface area contributed by atoms with Crippen molar-refractivity contribution in [2.24, 2.45) is 5.73 Å². The highest BCUT2D eigenvalue weighted by Gasteiger charge is 1.99. The number of hydrogen-bond donors (Lipinski definition) is 2. The van der Waals surface area contributed by atoms with E-state index in [1.165, 1.54) is 0 Å². The molecule has 0 aromatic carbocycles. The van der Waals surface area contributed by atoms with Crippen LogP contribution in [-0.4, -0.2) is 25.5 Å². The number of ether oxygens (including phenoxy) is 2. The van der Waals surface area contributed by atoms with E-state index in [9.17, 15) is 9.59 Å². The van der Waals surface area contributed by atoms with Crippen molar-refractivity contribution in [3.8, 4) is 0 Å². The maximum atomic E-state index is 10.5. The summed E-state index contributed by atoms with van der Waals surface area (Å²) in [6, 6.07) is 0. The first-order chi connectivity index (χ1) is 5.16. The van der Waals surface area contributed by atoms with Crippen molar-refractivity contribution in [1.29, 1.82) is 0 Å². The topological polar surface area (TPSA) is 90.7 Å². The summed E-state index contributed by atoms with van der Waals surface area (Å²) < 4.78 is 8.63. The fourth-order valence-corrected chi connectivity index (χ4v) is 0.348. The number of rotatable bonds is 3. The number of primary amides is 1. The molecule has 2 amide bonds. The minimum Gasteiger partial charge on any atom is -0.450 e. The van der Waals surface area contributed by atoms with E-state index in [-0.39, 0.29) is 13.3 Å². The van der Waals surface area contributed by atoms with E-state index in [0.29, 0.717) is 0 Å². The summed E-state index contributed by atoms with van der Waals surface area (Å²) in [6.45, 7) is 1.66. The fourth-order valence-electron chi connectivity index (χ4n) is 0.348. The van der Waals surface area contributed by atoms with E-state index in [4.69, 9.17) is 0 Å². The van der Waals surface area contributed by atoms with E-state index in [1.54, 1.807) is 6.92 Å². The first-order valence-electron chi connectivity index (χ1n) is 2.99. The van der Waals surface area contributed by atoms with Gasteiger partial charge in [-0.2, -0.15) is 0 Å². The van der Waals surface area contributed by atoms with Gasteiger partial charge in [-0.3, -0.25) is 5.32 Å². The second kappa shape index (κ2) is 5.33. The number of carbonyl (C=O) groups excluding carboxylic acids is 2. The maximum absolute atomic E-state index is 10.5. The Bertz CT molecular complexity index is 147. The van der Waals surface area contributed by atoms with Crippen molar-refractivity contribution in [2.45, 2.75) is 6.92 Å². The Hall–Kier alpha value is -1.46. The Labute approximate surface area is 63.6 Å². The van der Waals surface area contributed by atoms with E-state index >= 15 is 0 Å². The third kappa shape index (κ3) is 6.42. The van der Waals surface area contributed by atoms with Crippen LogP contribution in [0, 0.1) is 0 Å². The van der Waals surface area contributed by atoms with Crippen LogP contribution in [0.5, 0.6) is 0 Å². The van der Waals surface area contributed by atoms with Gasteiger partial charge in [0.1, 0.15) is 0 Å². The summed E-state index contributed by atoms with van der Waals surface area (Å²) in [6.07, 6.45) is -1.59. The molecule has 0 aromatic rings. The normalized spacial score (nSPS) is 8.45. The second-order valence-corrected chi connectivity index (χ2v) is 1.50. The Morgan fingerprint density at radius 1 is 1.45 bits per heavy atom. The molecule has 0 atom stereocenters. The molecular formula is C5H10N2O4. The molecule has 0 aliphatic carbocycles. The Balaban J connectivity index is 3.24. The lowest BCUT2D eigenvalue weighted by Crippen LogP contribution is -2.29. The van der Waals surface area contributed by atoms with E-state index in [0.717, 1.165) is 0 Å². The highest BCUT2D eigenvalue weighted by Crippen LogP contribution is 1.76. The molecule has 0 radical (unpaired) electrons. The zero-order valence-electron chi connectivity index (χ0n) is 6.12. The second-order valence-electron chi connectivity index (χ2n) is 1.50. The largest absolute Gasteiger partial charge is 0.450 e. The number of nitrogens with one attached hydrogen (secondary N) is 1. The molecule has 6 heteroatoms. The maximum Gasteiger partial charge on any atom is 0.409 e. The van der Waals surface area contributed by atoms with Gasteiger partial charge in [0, 0.05) is 0 Å². The molecule has 0 rings (SSSR count). The van der Waals surface area contributed by atoms with Gasteiger partial charge in [0.25, 0.3) is 0 Å². The van der Waals surface area contributed by atoms with Crippen LogP contribution in [-0.2, 0) is 9.47 Å². The van der Waals surface area contributed by atoms with Crippen LogP contribution in [0.3, 0.4) is 0 Å². The third-order valence-corrected chi connectivity index (χ3v) is 0.706. The highest BCUT2D eigenvalue weighted by atomic mass is 16.6. The lowest BCUT2D eigenvalue weighted by molar-refractivity contribution is 0.122. The van der Waals surface area contributed by atoms with Crippen LogP contribution in [0.25, 0.3) is 0 Å². The number of amides is 2. The number of nitrogens with two attached hydrogens (primary N) is 1. The van der Waals surface area contributed by atoms with Crippen LogP contribution in [0.1, 0.15) is 6.92 Å². The Morgan fingerprint density at radius 3 is 2.55 bits per heavy atom. The zero-order chi connectivity index (χ0) is 8.69. The van der Waals surface area contributed by atoms with Crippen LogP contribution in [0.2, 0.25) is 0 Å². The van der Waals surface area contributed by atoms with E-state index in [2.05, 4.69) is 20.5 Å². The summed E-state index contributed by atoms with van der Waals surface area (Å²) in [5, 5.41) is 2.13. The van der Waals surface area contributed by atoms with E-state index in [1.807, 2.05) is 0 Å². The molecule has 0 aromatic heterocycles. The number of carbonyl (C=O) groups is 2. The molecule has 6 nitrogen and oxygen atoms in total. The monoisotopic (exact) mass is 162 g/mol. The summed E-state index contributed by atoms with van der Waals surface area (Å²) >= 11 is 0. The summed E-state index contributed by atoms with van der Waals surface area (Å²) in [4.78, 5) is 20.4. The van der Waals surface area contributed by atoms with Crippen molar-refractivity contribution in [3.63, 3.8) is 0 Å². The Kier molecular flexibility index (Phi) is 4.63. The molecule has 0 saturated carbocycles. The van der Waals surface area contributed by atoms with Gasteiger partial charge in [-0.05, 0) is 6.92 Å². The van der Waals surface area contributed by atoms with E-state index < -0.39 is 12.2 Å². The van der Waals surface area contributed by atoms with Crippen molar-refractivity contribution in [3.05, 3.63) is 0 Å². The van der Waals surface area contributed by atoms with Gasteiger partial charge in [-0.25, -0.2) is 9.59 Å². The zero-order valence-corrected chi connectivity index (χ0v) is 6.12. The quantitative estimate of drug-likeness (QED) is 0.561. The molecule has 3 N–H and O–H groups in total. The molecule has 0 fully saturated rings. The molecule has 0 saturated heterocycles. The number of hydrogen-bond acceptors (Lipinski definition) is 4. The third-order valence-electron chi connectivity index (χ3n) is 0.706. The van der Waals surface area contributed by atoms with Gasteiger partial charge in [0.15, 0.2) is 6.73 Å². The summed E-state index contributed by atoms with van der Waals surface area (Å²) in [7, 11) is 0. The van der Waals surface area contributed by atoms with Crippen LogP contribution < -0.4 is 11.1 Å². The van der Waals surface area contributed by atoms with Gasteiger partial charge >= 0.3 is 12.2 Å². The SMILES string of the molecule is CCOC(=O)NCOC(N)=O. The molecule has 0 aliphatic rings. The Morgan fingerprint density at radius 2 is 2.09 bits per heavy atom. The van der Waals surface area contributed by atoms with Crippen molar-refractivity contribution < 1.29 is 19.1 Å². The minimum absolute atomic E-state index is 0.266. The smallest absolute Gasteiger partial charge is 0.409 e. The predicted molar refractivity (Wildman–Crippen MR) is 35.7 cm³/mol. The molecule has 0 spiro atoms. The van der Waals surface area contributed by atoms with Crippen LogP contribution in [0.4, 0.5) is 9.59 Å². The molecule has 0 aliphatic heterocycles. The first-order valence-corrected chi connectivity index (χ1v) is 2.99. The molecule has 0 unspecified atom stereocenters. The van der Waals surface area contributed by atoms with Crippen LogP contribution in [0.15, 0.2) is 0 Å². The molecule has 0 bridgehead atoms. The lowest BCUT2D eigenvalue weighted by Gasteiger charge is -2.03. The number of alkyl carbamates (subject to hydrolysis) is 1. The minimum atomic E-state index is -0.943. The molecule has 0 heterocycles. The fraction of sp³-hybridized carbons (Fsp3) is 0.600. The molecule has 64 valence electrons. The first kappa shape index (κ1) is 9.54. The average Bonchev–Trinajstić information content (AvgIpc) is 1.87. The van der Waals surface area contributed by atoms with Crippen LogP contribution >= 0.6 is 0 Å². The lowest BCUT2D eigenvalue weighted by atomic mass is 10.9. The van der Waals surface area contributed by atoms with Crippen molar-refractivity contribution in [2.75, 3.05) is 13.3 Å². The van der Waals surface area contributed by atoms with Gasteiger partial charge in [-0.1, -0.05) is 0 Å². The predicted octanol–water partition coefficient (Wildman–Crippen LogP) is -0.215. The van der Waals surface area contributed by atoms with Gasteiger partial charge in [0.05, 0.1) is 6.61 Å². The van der Waals surface area contributed by atoms with Crippen molar-refractivity contribution >= 4 is 12.2 Å². The van der Waals surface area contributed by atoms with Crippen molar-refractivity contribution in [1.82, 2.24) is 5.32 Å². The molecule has 11 heavy (non-hydrogen) atoms.